The summed E-state index contributed by atoms with van der Waals surface area (Å²) in [4.78, 5) is 34.5. The van der Waals surface area contributed by atoms with Crippen LogP contribution in [0.4, 0.5) is 0 Å². The van der Waals surface area contributed by atoms with Crippen LogP contribution in [0.2, 0.25) is 0 Å². The van der Waals surface area contributed by atoms with Gasteiger partial charge < -0.3 is 15.3 Å². The van der Waals surface area contributed by atoms with Crippen molar-refractivity contribution in [2.24, 2.45) is 29.1 Å². The molecule has 0 bridgehead atoms. The largest absolute Gasteiger partial charge is 0.391 e. The number of rotatable bonds is 7. The van der Waals surface area contributed by atoms with Crippen LogP contribution >= 0.6 is 11.3 Å². The van der Waals surface area contributed by atoms with E-state index in [2.05, 4.69) is 57.1 Å². The third kappa shape index (κ3) is 7.10. The average molecular weight is 554 g/mol. The summed E-state index contributed by atoms with van der Waals surface area (Å²) >= 11 is 1.62. The number of aliphatic hydroxyl groups is 1. The van der Waals surface area contributed by atoms with E-state index in [-0.39, 0.29) is 35.6 Å². The van der Waals surface area contributed by atoms with Gasteiger partial charge in [-0.05, 0) is 66.9 Å². The van der Waals surface area contributed by atoms with Gasteiger partial charge in [0.1, 0.15) is 6.04 Å². The molecule has 1 saturated carbocycles. The molecule has 6 nitrogen and oxygen atoms in total. The number of thiazole rings is 1. The lowest BCUT2D eigenvalue weighted by atomic mass is 9.75. The smallest absolute Gasteiger partial charge is 0.243 e. The van der Waals surface area contributed by atoms with Crippen molar-refractivity contribution in [3.8, 4) is 10.4 Å². The minimum Gasteiger partial charge on any atom is -0.391 e. The van der Waals surface area contributed by atoms with Gasteiger partial charge in [0.25, 0.3) is 0 Å². The Morgan fingerprint density at radius 2 is 1.85 bits per heavy atom. The van der Waals surface area contributed by atoms with Crippen LogP contribution in [0.5, 0.6) is 0 Å². The first-order valence-corrected chi connectivity index (χ1v) is 15.6. The number of aromatic nitrogens is 1. The molecule has 2 fully saturated rings. The number of nitrogens with one attached hydrogen (secondary N) is 1. The quantitative estimate of drug-likeness (QED) is 0.399. The zero-order valence-corrected chi connectivity index (χ0v) is 25.4. The molecule has 0 spiro atoms. The lowest BCUT2D eigenvalue weighted by molar-refractivity contribution is -0.145. The van der Waals surface area contributed by atoms with Gasteiger partial charge in [0.2, 0.25) is 11.8 Å². The minimum atomic E-state index is -0.668. The molecule has 1 aromatic heterocycles. The van der Waals surface area contributed by atoms with Crippen molar-refractivity contribution >= 4 is 23.2 Å². The van der Waals surface area contributed by atoms with E-state index in [0.29, 0.717) is 24.8 Å². The number of aryl methyl sites for hydroxylation is 1. The Bertz CT molecular complexity index is 1120. The van der Waals surface area contributed by atoms with E-state index in [1.54, 1.807) is 16.2 Å². The number of nitrogens with zero attached hydrogens (tertiary/aromatic N) is 2. The zero-order chi connectivity index (χ0) is 28.3. The number of aliphatic hydroxyl groups excluding tert-OH is 1. The topological polar surface area (TPSA) is 82.5 Å². The molecule has 7 heteroatoms. The van der Waals surface area contributed by atoms with Crippen LogP contribution in [0, 0.1) is 36.0 Å². The summed E-state index contributed by atoms with van der Waals surface area (Å²) in [6.07, 6.45) is 5.26. The summed E-state index contributed by atoms with van der Waals surface area (Å²) in [5, 5.41) is 13.6. The van der Waals surface area contributed by atoms with E-state index in [1.807, 2.05) is 24.6 Å². The van der Waals surface area contributed by atoms with Gasteiger partial charge in [0.05, 0.1) is 22.2 Å². The van der Waals surface area contributed by atoms with Crippen LogP contribution in [0.15, 0.2) is 29.8 Å². The molecule has 1 saturated heterocycles. The predicted octanol–water partition coefficient (Wildman–Crippen LogP) is 6.21. The fraction of sp³-hybridized carbons (Fsp3) is 0.656. The molecular weight excluding hydrogens is 506 g/mol. The second kappa shape index (κ2) is 12.5. The number of benzene rings is 1. The van der Waals surface area contributed by atoms with Crippen molar-refractivity contribution in [3.63, 3.8) is 0 Å². The zero-order valence-electron chi connectivity index (χ0n) is 24.6. The van der Waals surface area contributed by atoms with Crippen LogP contribution < -0.4 is 5.32 Å². The Morgan fingerprint density at radius 3 is 2.46 bits per heavy atom. The highest BCUT2D eigenvalue weighted by Crippen LogP contribution is 2.42. The van der Waals surface area contributed by atoms with Gasteiger partial charge in [-0.3, -0.25) is 9.59 Å². The number of likely N-dealkylation sites (tertiary alicyclic amines) is 1. The molecule has 1 aliphatic heterocycles. The Labute approximate surface area is 238 Å². The van der Waals surface area contributed by atoms with Crippen molar-refractivity contribution in [2.75, 3.05) is 6.54 Å². The fourth-order valence-electron chi connectivity index (χ4n) is 6.74. The number of hydrogen-bond donors (Lipinski definition) is 2. The standard InChI is InChI=1S/C32H47N3O3S/c1-20(2)28(23-8-7-9-25(15-14-23)32(4,5)6)31(38)35-18-26(36)16-27(35)30(37)33-17-22-10-12-24(13-11-22)29-21(3)34-19-39-29/h10-13,19-20,23,25-28,36H,7-9,14-18H2,1-6H3,(H,33,37)/t23?,25?,26-,27+,28?/m1/s1. The van der Waals surface area contributed by atoms with E-state index in [4.69, 9.17) is 0 Å². The maximum absolute atomic E-state index is 14.0. The second-order valence-corrected chi connectivity index (χ2v) is 14.0. The molecule has 2 aliphatic rings. The van der Waals surface area contributed by atoms with Crippen LogP contribution in [0.3, 0.4) is 0 Å². The van der Waals surface area contributed by atoms with Crippen LogP contribution in [-0.2, 0) is 16.1 Å². The van der Waals surface area contributed by atoms with Gasteiger partial charge >= 0.3 is 0 Å². The molecule has 1 aliphatic carbocycles. The number of carbonyl (C=O) groups is 2. The Kier molecular flexibility index (Phi) is 9.53. The molecule has 39 heavy (non-hydrogen) atoms. The Hall–Kier alpha value is -2.25. The van der Waals surface area contributed by atoms with E-state index < -0.39 is 12.1 Å². The Balaban J connectivity index is 1.41. The first kappa shape index (κ1) is 29.7. The van der Waals surface area contributed by atoms with E-state index in [9.17, 15) is 14.7 Å². The number of carbonyl (C=O) groups excluding carboxylic acids is 2. The van der Waals surface area contributed by atoms with Gasteiger partial charge in [-0.25, -0.2) is 4.98 Å². The first-order valence-electron chi connectivity index (χ1n) is 14.7. The highest BCUT2D eigenvalue weighted by molar-refractivity contribution is 7.13. The lowest BCUT2D eigenvalue weighted by Gasteiger charge is -2.35. The predicted molar refractivity (Wildman–Crippen MR) is 158 cm³/mol. The van der Waals surface area contributed by atoms with Crippen molar-refractivity contribution in [2.45, 2.75) is 98.8 Å². The molecule has 2 heterocycles. The van der Waals surface area contributed by atoms with E-state index in [0.717, 1.165) is 47.4 Å². The van der Waals surface area contributed by atoms with Crippen molar-refractivity contribution in [1.82, 2.24) is 15.2 Å². The highest BCUT2D eigenvalue weighted by atomic mass is 32.1. The minimum absolute atomic E-state index is 0.0465. The molecule has 2 aromatic rings. The molecule has 5 atom stereocenters. The third-order valence-electron chi connectivity index (χ3n) is 9.04. The molecule has 3 unspecified atom stereocenters. The molecular formula is C32H47N3O3S. The maximum Gasteiger partial charge on any atom is 0.243 e. The summed E-state index contributed by atoms with van der Waals surface area (Å²) in [6.45, 7) is 13.9. The van der Waals surface area contributed by atoms with Gasteiger partial charge in [-0.2, -0.15) is 0 Å². The van der Waals surface area contributed by atoms with Gasteiger partial charge in [0, 0.05) is 25.4 Å². The van der Waals surface area contributed by atoms with E-state index in [1.165, 1.54) is 6.42 Å². The normalized spacial score (nSPS) is 25.0. The van der Waals surface area contributed by atoms with Gasteiger partial charge in [0.15, 0.2) is 0 Å². The number of β-amino-alcohol motifs (C(OH)–C–C–N with tert-alkyl or cyclic N) is 1. The molecule has 2 amide bonds. The summed E-state index contributed by atoms with van der Waals surface area (Å²) in [7, 11) is 0. The SMILES string of the molecule is Cc1ncsc1-c1ccc(CNC(=O)[C@@H]2C[C@@H](O)CN2C(=O)C(C(C)C)C2CCCC(C(C)(C)C)CC2)cc1. The molecule has 2 N–H and O–H groups in total. The summed E-state index contributed by atoms with van der Waals surface area (Å²) in [6, 6.07) is 7.53. The molecule has 0 radical (unpaired) electrons. The first-order chi connectivity index (χ1) is 18.5. The van der Waals surface area contributed by atoms with Crippen LogP contribution in [0.25, 0.3) is 10.4 Å². The number of amides is 2. The average Bonchev–Trinajstić information content (AvgIpc) is 3.39. The van der Waals surface area contributed by atoms with Crippen molar-refractivity contribution < 1.29 is 14.7 Å². The van der Waals surface area contributed by atoms with Crippen molar-refractivity contribution in [3.05, 3.63) is 41.0 Å². The van der Waals surface area contributed by atoms with Crippen LogP contribution in [0.1, 0.15) is 84.4 Å². The monoisotopic (exact) mass is 553 g/mol. The molecule has 4 rings (SSSR count). The molecule has 1 aromatic carbocycles. The van der Waals surface area contributed by atoms with E-state index >= 15 is 0 Å². The molecule has 214 valence electrons. The third-order valence-corrected chi connectivity index (χ3v) is 10.0. The van der Waals surface area contributed by atoms with Gasteiger partial charge in [-0.1, -0.05) is 65.3 Å². The van der Waals surface area contributed by atoms with Crippen molar-refractivity contribution in [1.29, 1.82) is 0 Å². The maximum atomic E-state index is 14.0. The second-order valence-electron chi connectivity index (χ2n) is 13.2. The summed E-state index contributed by atoms with van der Waals surface area (Å²) in [5.74, 6) is 0.941. The Morgan fingerprint density at radius 1 is 1.13 bits per heavy atom. The summed E-state index contributed by atoms with van der Waals surface area (Å²) < 4.78 is 0. The fourth-order valence-corrected chi connectivity index (χ4v) is 7.56. The highest BCUT2D eigenvalue weighted by Gasteiger charge is 2.44. The number of hydrogen-bond acceptors (Lipinski definition) is 5. The van der Waals surface area contributed by atoms with Gasteiger partial charge in [-0.15, -0.1) is 11.3 Å². The summed E-state index contributed by atoms with van der Waals surface area (Å²) in [5.41, 5.74) is 5.27. The lowest BCUT2D eigenvalue weighted by Crippen LogP contribution is -2.49. The van der Waals surface area contributed by atoms with Crippen LogP contribution in [-0.4, -0.2) is 45.5 Å².